The highest BCUT2D eigenvalue weighted by atomic mass is 32.2. The second-order valence-electron chi connectivity index (χ2n) is 7.26. The number of fused-ring (bicyclic) bond motifs is 2. The molecule has 0 saturated carbocycles. The Morgan fingerprint density at radius 3 is 3.03 bits per heavy atom. The van der Waals surface area contributed by atoms with Crippen molar-refractivity contribution in [1.82, 2.24) is 15.3 Å². The number of aromatic nitrogens is 2. The van der Waals surface area contributed by atoms with Crippen molar-refractivity contribution in [2.24, 2.45) is 0 Å². The quantitative estimate of drug-likeness (QED) is 0.562. The summed E-state index contributed by atoms with van der Waals surface area (Å²) in [5, 5.41) is 3.70. The van der Waals surface area contributed by atoms with Gasteiger partial charge in [-0.15, -0.1) is 6.58 Å². The molecule has 2 heterocycles. The van der Waals surface area contributed by atoms with E-state index in [0.29, 0.717) is 21.9 Å². The number of rotatable bonds is 7. The summed E-state index contributed by atoms with van der Waals surface area (Å²) in [5.41, 5.74) is 4.33. The van der Waals surface area contributed by atoms with Gasteiger partial charge in [0.1, 0.15) is 0 Å². The molecule has 2 atom stereocenters. The van der Waals surface area contributed by atoms with E-state index < -0.39 is 16.6 Å². The van der Waals surface area contributed by atoms with Crippen LogP contribution >= 0.6 is 0 Å². The molecule has 0 aliphatic carbocycles. The molecule has 0 spiro atoms. The molecule has 0 amide bonds. The summed E-state index contributed by atoms with van der Waals surface area (Å²) in [6, 6.07) is 9.22. The van der Waals surface area contributed by atoms with Crippen LogP contribution in [0.2, 0.25) is 0 Å². The van der Waals surface area contributed by atoms with E-state index >= 15 is 0 Å². The Morgan fingerprint density at radius 2 is 2.30 bits per heavy atom. The molecule has 0 radical (unpaired) electrons. The van der Waals surface area contributed by atoms with Gasteiger partial charge in [-0.1, -0.05) is 24.3 Å². The molecule has 0 bridgehead atoms. The van der Waals surface area contributed by atoms with E-state index in [1.165, 1.54) is 24.8 Å². The number of aromatic amines is 1. The van der Waals surface area contributed by atoms with Crippen LogP contribution in [0.4, 0.5) is 10.1 Å². The van der Waals surface area contributed by atoms with Crippen LogP contribution in [0, 0.1) is 5.82 Å². The number of nitrogens with one attached hydrogen (secondary N) is 2. The average Bonchev–Trinajstić information content (AvgIpc) is 3.16. The molecular weight excluding hydrogens is 403 g/mol. The first kappa shape index (κ1) is 20.6. The van der Waals surface area contributed by atoms with Crippen LogP contribution in [0.15, 0.2) is 48.1 Å². The number of benzene rings is 2. The number of nitrogens with zero attached hydrogens (tertiary/aromatic N) is 2. The first-order chi connectivity index (χ1) is 14.5. The molecule has 3 aromatic rings. The molecular formula is C22H25FN4O2S. The Balaban J connectivity index is 1.68. The number of H-pyrrole nitrogens is 1. The molecule has 0 fully saturated rings. The maximum Gasteiger partial charge on any atom is 0.197 e. The number of halogens is 1. The Labute approximate surface area is 177 Å². The lowest BCUT2D eigenvalue weighted by Gasteiger charge is -2.36. The van der Waals surface area contributed by atoms with Gasteiger partial charge in [0.05, 0.1) is 34.7 Å². The van der Waals surface area contributed by atoms with Crippen molar-refractivity contribution in [3.05, 3.63) is 59.9 Å². The molecule has 2 unspecified atom stereocenters. The smallest absolute Gasteiger partial charge is 0.197 e. The van der Waals surface area contributed by atoms with E-state index in [9.17, 15) is 8.60 Å². The maximum absolute atomic E-state index is 14.0. The summed E-state index contributed by atoms with van der Waals surface area (Å²) < 4.78 is 32.2. The third-order valence-electron chi connectivity index (χ3n) is 5.46. The summed E-state index contributed by atoms with van der Waals surface area (Å²) in [6.45, 7) is 5.51. The first-order valence-corrected chi connectivity index (χ1v) is 11.1. The van der Waals surface area contributed by atoms with Gasteiger partial charge >= 0.3 is 0 Å². The van der Waals surface area contributed by atoms with E-state index in [4.69, 9.17) is 4.74 Å². The van der Waals surface area contributed by atoms with Gasteiger partial charge in [0, 0.05) is 37.0 Å². The van der Waals surface area contributed by atoms with E-state index in [0.717, 1.165) is 30.8 Å². The lowest BCUT2D eigenvalue weighted by molar-refractivity contribution is 0.387. The van der Waals surface area contributed by atoms with Crippen LogP contribution in [-0.2, 0) is 16.6 Å². The lowest BCUT2D eigenvalue weighted by atomic mass is 9.94. The Kier molecular flexibility index (Phi) is 5.87. The predicted octanol–water partition coefficient (Wildman–Crippen LogP) is 3.68. The number of methoxy groups -OCH3 is 1. The Morgan fingerprint density at radius 1 is 1.47 bits per heavy atom. The number of imidazole rings is 1. The average molecular weight is 429 g/mol. The van der Waals surface area contributed by atoms with Crippen LogP contribution in [0.25, 0.3) is 11.0 Å². The number of ether oxygens (including phenoxy) is 1. The zero-order valence-electron chi connectivity index (χ0n) is 17.1. The molecule has 158 valence electrons. The number of hydrogen-bond donors (Lipinski definition) is 2. The molecule has 0 saturated heterocycles. The van der Waals surface area contributed by atoms with E-state index in [1.54, 1.807) is 0 Å². The van der Waals surface area contributed by atoms with Crippen LogP contribution in [0.1, 0.15) is 23.6 Å². The van der Waals surface area contributed by atoms with Crippen LogP contribution in [0.3, 0.4) is 0 Å². The maximum atomic E-state index is 14.0. The molecule has 2 aromatic carbocycles. The van der Waals surface area contributed by atoms with Gasteiger partial charge in [-0.2, -0.15) is 0 Å². The van der Waals surface area contributed by atoms with Crippen molar-refractivity contribution in [3.63, 3.8) is 0 Å². The molecule has 30 heavy (non-hydrogen) atoms. The van der Waals surface area contributed by atoms with Crippen molar-refractivity contribution < 1.29 is 13.3 Å². The zero-order chi connectivity index (χ0) is 21.3. The minimum atomic E-state index is -1.42. The minimum Gasteiger partial charge on any atom is -0.494 e. The third kappa shape index (κ3) is 3.73. The van der Waals surface area contributed by atoms with E-state index in [-0.39, 0.29) is 11.8 Å². The van der Waals surface area contributed by atoms with Crippen LogP contribution in [-0.4, -0.2) is 41.4 Å². The highest BCUT2D eigenvalue weighted by molar-refractivity contribution is 7.84. The van der Waals surface area contributed by atoms with Crippen molar-refractivity contribution >= 4 is 27.5 Å². The van der Waals surface area contributed by atoms with Gasteiger partial charge in [-0.05, 0) is 24.6 Å². The fourth-order valence-corrected chi connectivity index (χ4v) is 5.12. The van der Waals surface area contributed by atoms with Crippen molar-refractivity contribution in [3.8, 4) is 5.75 Å². The standard InChI is InChI=1S/C22H25FN4O2S/c1-4-9-27-10-8-17(24-2)15-7-5-6-14(21(15)27)13-30(28)22-25-18-11-16(23)20(29-3)12-19(18)26-22/h4-7,11-12,17,24H,1,8-10,13H2,2-3H3,(H,25,26). The van der Waals surface area contributed by atoms with Crippen LogP contribution in [0.5, 0.6) is 5.75 Å². The Hall–Kier alpha value is -2.71. The third-order valence-corrected chi connectivity index (χ3v) is 6.66. The number of para-hydroxylation sites is 1. The molecule has 1 aromatic heterocycles. The van der Waals surface area contributed by atoms with Gasteiger partial charge in [-0.3, -0.25) is 4.21 Å². The summed E-state index contributed by atoms with van der Waals surface area (Å²) in [5.74, 6) is -0.0601. The Bertz CT molecular complexity index is 1110. The molecule has 8 heteroatoms. The molecule has 1 aliphatic heterocycles. The van der Waals surface area contributed by atoms with Crippen molar-refractivity contribution in [2.45, 2.75) is 23.4 Å². The normalized spacial score (nSPS) is 17.0. The second-order valence-corrected chi connectivity index (χ2v) is 8.62. The summed E-state index contributed by atoms with van der Waals surface area (Å²) in [4.78, 5) is 9.69. The fourth-order valence-electron chi connectivity index (χ4n) is 4.05. The first-order valence-electron chi connectivity index (χ1n) is 9.82. The van der Waals surface area contributed by atoms with Gasteiger partial charge in [0.2, 0.25) is 0 Å². The molecule has 4 rings (SSSR count). The van der Waals surface area contributed by atoms with Gasteiger partial charge in [-0.25, -0.2) is 9.37 Å². The fraction of sp³-hybridized carbons (Fsp3) is 0.318. The van der Waals surface area contributed by atoms with E-state index in [2.05, 4.69) is 32.8 Å². The molecule has 1 aliphatic rings. The van der Waals surface area contributed by atoms with E-state index in [1.807, 2.05) is 25.3 Å². The van der Waals surface area contributed by atoms with Gasteiger partial charge < -0.3 is 19.9 Å². The van der Waals surface area contributed by atoms with Gasteiger partial charge in [0.15, 0.2) is 16.7 Å². The van der Waals surface area contributed by atoms with Gasteiger partial charge in [0.25, 0.3) is 0 Å². The summed E-state index contributed by atoms with van der Waals surface area (Å²) in [7, 11) is 1.95. The second kappa shape index (κ2) is 8.57. The zero-order valence-corrected chi connectivity index (χ0v) is 17.9. The van der Waals surface area contributed by atoms with Crippen LogP contribution < -0.4 is 15.0 Å². The molecule has 6 nitrogen and oxygen atoms in total. The number of hydrogen-bond acceptors (Lipinski definition) is 5. The highest BCUT2D eigenvalue weighted by Gasteiger charge is 2.26. The monoisotopic (exact) mass is 428 g/mol. The highest BCUT2D eigenvalue weighted by Crippen LogP contribution is 2.37. The summed E-state index contributed by atoms with van der Waals surface area (Å²) in [6.07, 6.45) is 2.89. The largest absolute Gasteiger partial charge is 0.494 e. The molecule has 2 N–H and O–H groups in total. The predicted molar refractivity (Wildman–Crippen MR) is 118 cm³/mol. The number of anilines is 1. The van der Waals surface area contributed by atoms with Crippen molar-refractivity contribution in [1.29, 1.82) is 0 Å². The topological polar surface area (TPSA) is 70.2 Å². The van der Waals surface area contributed by atoms with Crippen molar-refractivity contribution in [2.75, 3.05) is 32.1 Å². The summed E-state index contributed by atoms with van der Waals surface area (Å²) >= 11 is 0. The SMILES string of the molecule is C=CCN1CCC(NC)c2cccc(CS(=O)c3nc4cc(OC)c(F)cc4[nH]3)c21. The minimum absolute atomic E-state index is 0.113. The lowest BCUT2D eigenvalue weighted by Crippen LogP contribution is -2.35.